The minimum atomic E-state index is -4.34. The van der Waals surface area contributed by atoms with Gasteiger partial charge in [-0.1, -0.05) is 0 Å². The lowest BCUT2D eigenvalue weighted by Gasteiger charge is -2.37. The Hall–Kier alpha value is -1.60. The molecule has 126 valence electrons. The Morgan fingerprint density at radius 3 is 2.74 bits per heavy atom. The maximum Gasteiger partial charge on any atom is 0.416 e. The molecule has 2 heterocycles. The van der Waals surface area contributed by atoms with E-state index in [0.29, 0.717) is 24.1 Å². The van der Waals surface area contributed by atoms with Crippen LogP contribution in [0.1, 0.15) is 25.2 Å². The van der Waals surface area contributed by atoms with Gasteiger partial charge < -0.3 is 9.88 Å². The molecule has 1 aromatic heterocycles. The Morgan fingerprint density at radius 1 is 1.30 bits per heavy atom. The maximum atomic E-state index is 12.8. The van der Waals surface area contributed by atoms with Crippen LogP contribution >= 0.6 is 0 Å². The van der Waals surface area contributed by atoms with E-state index in [-0.39, 0.29) is 0 Å². The number of alkyl halides is 3. The van der Waals surface area contributed by atoms with Crippen molar-refractivity contribution in [2.45, 2.75) is 38.7 Å². The second kappa shape index (κ2) is 5.79. The molecule has 0 radical (unpaired) electrons. The van der Waals surface area contributed by atoms with Crippen LogP contribution in [-0.2, 0) is 19.8 Å². The molecule has 1 N–H and O–H groups in total. The molecule has 1 aliphatic heterocycles. The summed E-state index contributed by atoms with van der Waals surface area (Å²) in [5.74, 6) is 0.792. The molecule has 1 saturated heterocycles. The predicted octanol–water partition coefficient (Wildman–Crippen LogP) is 2.77. The molecule has 0 saturated carbocycles. The van der Waals surface area contributed by atoms with E-state index >= 15 is 0 Å². The number of halogens is 3. The third-order valence-corrected chi connectivity index (χ3v) is 4.54. The number of benzene rings is 1. The first-order chi connectivity index (χ1) is 10.8. The number of rotatable bonds is 2. The van der Waals surface area contributed by atoms with Crippen LogP contribution in [0.25, 0.3) is 11.0 Å². The summed E-state index contributed by atoms with van der Waals surface area (Å²) in [6, 6.07) is 4.51. The van der Waals surface area contributed by atoms with Crippen molar-refractivity contribution >= 4 is 11.0 Å². The first-order valence-corrected chi connectivity index (χ1v) is 7.75. The van der Waals surface area contributed by atoms with Crippen LogP contribution < -0.4 is 5.32 Å². The summed E-state index contributed by atoms with van der Waals surface area (Å²) in [5.41, 5.74) is 0.468. The maximum absolute atomic E-state index is 12.8. The Bertz CT molecular complexity index is 707. The number of hydrogen-bond acceptors (Lipinski definition) is 3. The molecule has 1 aliphatic rings. The van der Waals surface area contributed by atoms with Crippen LogP contribution in [0.4, 0.5) is 13.2 Å². The van der Waals surface area contributed by atoms with Crippen molar-refractivity contribution < 1.29 is 13.2 Å². The van der Waals surface area contributed by atoms with Crippen LogP contribution in [0.2, 0.25) is 0 Å². The molecular weight excluding hydrogens is 305 g/mol. The zero-order valence-corrected chi connectivity index (χ0v) is 13.5. The molecule has 0 aliphatic carbocycles. The molecule has 2 aromatic rings. The van der Waals surface area contributed by atoms with Gasteiger partial charge in [0.2, 0.25) is 0 Å². The molecule has 7 heteroatoms. The molecule has 1 aromatic carbocycles. The Labute approximate surface area is 133 Å². The average Bonchev–Trinajstić information content (AvgIpc) is 2.78. The van der Waals surface area contributed by atoms with E-state index in [1.54, 1.807) is 0 Å². The lowest BCUT2D eigenvalue weighted by molar-refractivity contribution is -0.137. The van der Waals surface area contributed by atoms with Gasteiger partial charge in [-0.2, -0.15) is 13.2 Å². The number of imidazole rings is 1. The SMILES string of the molecule is CC1CN(Cc2nc3cc(C(F)(F)F)ccc3n2C)C(C)CN1. The highest BCUT2D eigenvalue weighted by Crippen LogP contribution is 2.31. The van der Waals surface area contributed by atoms with Crippen molar-refractivity contribution in [3.63, 3.8) is 0 Å². The third kappa shape index (κ3) is 3.21. The van der Waals surface area contributed by atoms with Crippen LogP contribution in [-0.4, -0.2) is 39.6 Å². The predicted molar refractivity (Wildman–Crippen MR) is 83.1 cm³/mol. The molecule has 2 atom stereocenters. The summed E-state index contributed by atoms with van der Waals surface area (Å²) in [6.07, 6.45) is -4.34. The van der Waals surface area contributed by atoms with Crippen LogP contribution in [0, 0.1) is 0 Å². The summed E-state index contributed by atoms with van der Waals surface area (Å²) in [4.78, 5) is 6.75. The Kier molecular flexibility index (Phi) is 4.10. The fraction of sp³-hybridized carbons (Fsp3) is 0.562. The van der Waals surface area contributed by atoms with E-state index in [0.717, 1.165) is 36.6 Å². The molecule has 0 spiro atoms. The van der Waals surface area contributed by atoms with Crippen molar-refractivity contribution in [3.8, 4) is 0 Å². The lowest BCUT2D eigenvalue weighted by Crippen LogP contribution is -2.53. The van der Waals surface area contributed by atoms with Gasteiger partial charge in [-0.15, -0.1) is 0 Å². The van der Waals surface area contributed by atoms with E-state index in [9.17, 15) is 13.2 Å². The van der Waals surface area contributed by atoms with Gasteiger partial charge in [0.1, 0.15) is 5.82 Å². The number of hydrogen-bond donors (Lipinski definition) is 1. The molecule has 2 unspecified atom stereocenters. The third-order valence-electron chi connectivity index (χ3n) is 4.54. The van der Waals surface area contributed by atoms with E-state index in [1.165, 1.54) is 6.07 Å². The van der Waals surface area contributed by atoms with Gasteiger partial charge in [-0.25, -0.2) is 4.98 Å². The van der Waals surface area contributed by atoms with E-state index < -0.39 is 11.7 Å². The van der Waals surface area contributed by atoms with Gasteiger partial charge in [-0.3, -0.25) is 4.90 Å². The van der Waals surface area contributed by atoms with Gasteiger partial charge in [-0.05, 0) is 32.0 Å². The normalized spacial score (nSPS) is 23.6. The van der Waals surface area contributed by atoms with Crippen LogP contribution in [0.3, 0.4) is 0 Å². The van der Waals surface area contributed by atoms with Crippen molar-refractivity contribution in [1.82, 2.24) is 19.8 Å². The van der Waals surface area contributed by atoms with Crippen molar-refractivity contribution in [3.05, 3.63) is 29.6 Å². The molecule has 0 bridgehead atoms. The number of aromatic nitrogens is 2. The second-order valence-corrected chi connectivity index (χ2v) is 6.38. The molecule has 0 amide bonds. The first-order valence-electron chi connectivity index (χ1n) is 7.75. The highest BCUT2D eigenvalue weighted by Gasteiger charge is 2.31. The molecule has 1 fully saturated rings. The monoisotopic (exact) mass is 326 g/mol. The minimum Gasteiger partial charge on any atom is -0.330 e. The Balaban J connectivity index is 1.91. The molecular formula is C16H21F3N4. The van der Waals surface area contributed by atoms with Crippen molar-refractivity contribution in [2.75, 3.05) is 13.1 Å². The topological polar surface area (TPSA) is 33.1 Å². The van der Waals surface area contributed by atoms with E-state index in [4.69, 9.17) is 0 Å². The molecule has 4 nitrogen and oxygen atoms in total. The second-order valence-electron chi connectivity index (χ2n) is 6.38. The first kappa shape index (κ1) is 16.3. The lowest BCUT2D eigenvalue weighted by atomic mass is 10.1. The number of aryl methyl sites for hydroxylation is 1. The molecule has 3 rings (SSSR count). The number of nitrogens with one attached hydrogen (secondary N) is 1. The highest BCUT2D eigenvalue weighted by molar-refractivity contribution is 5.77. The zero-order chi connectivity index (χ0) is 16.8. The minimum absolute atomic E-state index is 0.372. The van der Waals surface area contributed by atoms with Crippen molar-refractivity contribution in [1.29, 1.82) is 0 Å². The van der Waals surface area contributed by atoms with Gasteiger partial charge in [0.15, 0.2) is 0 Å². The smallest absolute Gasteiger partial charge is 0.330 e. The number of piperazine rings is 1. The van der Waals surface area contributed by atoms with Crippen molar-refractivity contribution in [2.24, 2.45) is 7.05 Å². The average molecular weight is 326 g/mol. The largest absolute Gasteiger partial charge is 0.416 e. The van der Waals surface area contributed by atoms with Gasteiger partial charge in [0, 0.05) is 32.2 Å². The van der Waals surface area contributed by atoms with E-state index in [1.807, 2.05) is 11.6 Å². The van der Waals surface area contributed by atoms with Gasteiger partial charge in [0.25, 0.3) is 0 Å². The number of nitrogens with zero attached hydrogens (tertiary/aromatic N) is 3. The van der Waals surface area contributed by atoms with Crippen LogP contribution in [0.15, 0.2) is 18.2 Å². The quantitative estimate of drug-likeness (QED) is 0.921. The fourth-order valence-corrected chi connectivity index (χ4v) is 3.07. The fourth-order valence-electron chi connectivity index (χ4n) is 3.07. The van der Waals surface area contributed by atoms with E-state index in [2.05, 4.69) is 29.0 Å². The van der Waals surface area contributed by atoms with Gasteiger partial charge in [0.05, 0.1) is 23.1 Å². The highest BCUT2D eigenvalue weighted by atomic mass is 19.4. The zero-order valence-electron chi connectivity index (χ0n) is 13.5. The van der Waals surface area contributed by atoms with Crippen LogP contribution in [0.5, 0.6) is 0 Å². The molecule has 23 heavy (non-hydrogen) atoms. The summed E-state index contributed by atoms with van der Waals surface area (Å²) < 4.78 is 40.4. The summed E-state index contributed by atoms with van der Waals surface area (Å²) in [6.45, 7) is 6.72. The number of fused-ring (bicyclic) bond motifs is 1. The summed E-state index contributed by atoms with van der Waals surface area (Å²) >= 11 is 0. The Morgan fingerprint density at radius 2 is 2.04 bits per heavy atom. The summed E-state index contributed by atoms with van der Waals surface area (Å²) in [7, 11) is 1.86. The van der Waals surface area contributed by atoms with Gasteiger partial charge >= 0.3 is 6.18 Å². The standard InChI is InChI=1S/C16H21F3N4/c1-10-8-23(11(2)7-20-10)9-15-21-13-6-12(16(17,18)19)4-5-14(13)22(15)3/h4-6,10-11,20H,7-9H2,1-3H3. The summed E-state index contributed by atoms with van der Waals surface area (Å²) in [5, 5.41) is 3.42.